The van der Waals surface area contributed by atoms with Crippen LogP contribution in [0.15, 0.2) is 30.3 Å². The molecular weight excluding hydrogens is 180 g/mol. The van der Waals surface area contributed by atoms with Crippen LogP contribution in [0.2, 0.25) is 0 Å². The second kappa shape index (κ2) is 3.10. The molecule has 0 aliphatic carbocycles. The lowest BCUT2D eigenvalue weighted by Gasteiger charge is -2.22. The van der Waals surface area contributed by atoms with E-state index in [0.717, 1.165) is 5.56 Å². The van der Waals surface area contributed by atoms with Gasteiger partial charge >= 0.3 is 5.97 Å². The summed E-state index contributed by atoms with van der Waals surface area (Å²) in [6.45, 7) is 1.82. The highest BCUT2D eigenvalue weighted by Gasteiger charge is 2.43. The number of esters is 1. The summed E-state index contributed by atoms with van der Waals surface area (Å²) in [7, 11) is 0. The van der Waals surface area contributed by atoms with Crippen LogP contribution < -0.4 is 0 Å². The minimum Gasteiger partial charge on any atom is -0.452 e. The van der Waals surface area contributed by atoms with Gasteiger partial charge in [-0.05, 0) is 12.5 Å². The molecule has 0 aromatic heterocycles. The first-order chi connectivity index (χ1) is 6.62. The van der Waals surface area contributed by atoms with Gasteiger partial charge in [0.1, 0.15) is 5.60 Å². The summed E-state index contributed by atoms with van der Waals surface area (Å²) in [5.41, 5.74) is 0.252. The fraction of sp³-hybridized carbons (Fsp3) is 0.364. The zero-order valence-corrected chi connectivity index (χ0v) is 7.93. The molecule has 1 aromatic rings. The molecule has 3 heteroatoms. The van der Waals surface area contributed by atoms with E-state index in [1.54, 1.807) is 0 Å². The zero-order chi connectivity index (χ0) is 10.2. The Labute approximate surface area is 82.3 Å². The predicted octanol–water partition coefficient (Wildman–Crippen LogP) is 1.21. The monoisotopic (exact) mass is 192 g/mol. The van der Waals surface area contributed by atoms with Crippen LogP contribution in [-0.4, -0.2) is 17.2 Å². The van der Waals surface area contributed by atoms with Crippen LogP contribution >= 0.6 is 0 Å². The number of hydrogen-bond acceptors (Lipinski definition) is 3. The standard InChI is InChI=1S/C11H12O3/c1-11(7-9(12)10(13)14-11)8-5-3-2-4-6-8/h2-6,9,12H,7H2,1H3. The van der Waals surface area contributed by atoms with Crippen LogP contribution in [0.5, 0.6) is 0 Å². The molecule has 1 fully saturated rings. The lowest BCUT2D eigenvalue weighted by atomic mass is 9.92. The van der Waals surface area contributed by atoms with E-state index in [0.29, 0.717) is 6.42 Å². The maximum absolute atomic E-state index is 11.1. The number of benzene rings is 1. The molecule has 0 saturated carbocycles. The number of rotatable bonds is 1. The number of ether oxygens (including phenoxy) is 1. The number of aliphatic hydroxyl groups is 1. The number of carbonyl (C=O) groups excluding carboxylic acids is 1. The lowest BCUT2D eigenvalue weighted by molar-refractivity contribution is -0.152. The average Bonchev–Trinajstić information content (AvgIpc) is 2.44. The molecule has 3 nitrogen and oxygen atoms in total. The smallest absolute Gasteiger partial charge is 0.336 e. The largest absolute Gasteiger partial charge is 0.452 e. The normalized spacial score (nSPS) is 31.6. The maximum Gasteiger partial charge on any atom is 0.336 e. The van der Waals surface area contributed by atoms with Gasteiger partial charge in [0.25, 0.3) is 0 Å². The van der Waals surface area contributed by atoms with E-state index in [1.165, 1.54) is 0 Å². The molecule has 1 saturated heterocycles. The fourth-order valence-corrected chi connectivity index (χ4v) is 1.75. The first kappa shape index (κ1) is 9.21. The Morgan fingerprint density at radius 3 is 2.57 bits per heavy atom. The van der Waals surface area contributed by atoms with Gasteiger partial charge in [-0.15, -0.1) is 0 Å². The highest BCUT2D eigenvalue weighted by Crippen LogP contribution is 2.36. The van der Waals surface area contributed by atoms with Crippen LogP contribution in [0.4, 0.5) is 0 Å². The van der Waals surface area contributed by atoms with Crippen molar-refractivity contribution in [3.05, 3.63) is 35.9 Å². The number of aliphatic hydroxyl groups excluding tert-OH is 1. The van der Waals surface area contributed by atoms with Gasteiger partial charge in [0.2, 0.25) is 0 Å². The van der Waals surface area contributed by atoms with E-state index < -0.39 is 17.7 Å². The van der Waals surface area contributed by atoms with E-state index >= 15 is 0 Å². The summed E-state index contributed by atoms with van der Waals surface area (Å²) in [5, 5.41) is 9.32. The molecule has 0 spiro atoms. The molecule has 1 heterocycles. The van der Waals surface area contributed by atoms with Crippen molar-refractivity contribution >= 4 is 5.97 Å². The Morgan fingerprint density at radius 1 is 1.43 bits per heavy atom. The van der Waals surface area contributed by atoms with E-state index in [9.17, 15) is 9.90 Å². The Hall–Kier alpha value is -1.35. The molecule has 14 heavy (non-hydrogen) atoms. The first-order valence-electron chi connectivity index (χ1n) is 4.58. The van der Waals surface area contributed by atoms with Gasteiger partial charge in [0, 0.05) is 6.42 Å². The molecule has 1 aliphatic heterocycles. The zero-order valence-electron chi connectivity index (χ0n) is 7.93. The summed E-state index contributed by atoms with van der Waals surface area (Å²) in [5.74, 6) is -0.531. The number of carbonyl (C=O) groups is 1. The third kappa shape index (κ3) is 1.40. The van der Waals surface area contributed by atoms with Gasteiger partial charge in [0.15, 0.2) is 6.10 Å². The van der Waals surface area contributed by atoms with Crippen molar-refractivity contribution in [2.75, 3.05) is 0 Å². The summed E-state index contributed by atoms with van der Waals surface area (Å²) in [6.07, 6.45) is -0.657. The number of hydrogen-bond donors (Lipinski definition) is 1. The maximum atomic E-state index is 11.1. The first-order valence-corrected chi connectivity index (χ1v) is 4.58. The molecule has 1 aromatic carbocycles. The molecule has 0 radical (unpaired) electrons. The van der Waals surface area contributed by atoms with Gasteiger partial charge < -0.3 is 9.84 Å². The quantitative estimate of drug-likeness (QED) is 0.680. The Balaban J connectivity index is 2.31. The molecular formula is C11H12O3. The van der Waals surface area contributed by atoms with Crippen molar-refractivity contribution in [3.8, 4) is 0 Å². The minimum absolute atomic E-state index is 0.329. The third-order valence-electron chi connectivity index (χ3n) is 2.57. The molecule has 2 unspecified atom stereocenters. The molecule has 2 rings (SSSR count). The van der Waals surface area contributed by atoms with E-state index in [1.807, 2.05) is 37.3 Å². The van der Waals surface area contributed by atoms with E-state index in [2.05, 4.69) is 0 Å². The van der Waals surface area contributed by atoms with E-state index in [4.69, 9.17) is 4.74 Å². The molecule has 74 valence electrons. The molecule has 2 atom stereocenters. The van der Waals surface area contributed by atoms with Crippen molar-refractivity contribution in [3.63, 3.8) is 0 Å². The van der Waals surface area contributed by atoms with Crippen LogP contribution in [0.1, 0.15) is 18.9 Å². The van der Waals surface area contributed by atoms with Crippen LogP contribution in [0, 0.1) is 0 Å². The van der Waals surface area contributed by atoms with Crippen LogP contribution in [-0.2, 0) is 15.1 Å². The summed E-state index contributed by atoms with van der Waals surface area (Å²) in [6, 6.07) is 9.47. The van der Waals surface area contributed by atoms with Crippen LogP contribution in [0.3, 0.4) is 0 Å². The SMILES string of the molecule is CC1(c2ccccc2)CC(O)C(=O)O1. The molecule has 1 N–H and O–H groups in total. The van der Waals surface area contributed by atoms with Gasteiger partial charge in [-0.2, -0.15) is 0 Å². The molecule has 0 amide bonds. The summed E-state index contributed by atoms with van der Waals surface area (Å²) < 4.78 is 5.16. The van der Waals surface area contributed by atoms with Crippen molar-refractivity contribution in [1.29, 1.82) is 0 Å². The van der Waals surface area contributed by atoms with Crippen molar-refractivity contribution in [1.82, 2.24) is 0 Å². The van der Waals surface area contributed by atoms with Gasteiger partial charge in [-0.25, -0.2) is 4.79 Å². The van der Waals surface area contributed by atoms with Gasteiger partial charge in [0.05, 0.1) is 0 Å². The molecule has 1 aliphatic rings. The second-order valence-corrected chi connectivity index (χ2v) is 3.74. The van der Waals surface area contributed by atoms with Gasteiger partial charge in [-0.3, -0.25) is 0 Å². The fourth-order valence-electron chi connectivity index (χ4n) is 1.75. The second-order valence-electron chi connectivity index (χ2n) is 3.74. The average molecular weight is 192 g/mol. The summed E-state index contributed by atoms with van der Waals surface area (Å²) >= 11 is 0. The van der Waals surface area contributed by atoms with E-state index in [-0.39, 0.29) is 0 Å². The van der Waals surface area contributed by atoms with Crippen LogP contribution in [0.25, 0.3) is 0 Å². The highest BCUT2D eigenvalue weighted by molar-refractivity contribution is 5.77. The summed E-state index contributed by atoms with van der Waals surface area (Å²) in [4.78, 5) is 11.1. The lowest BCUT2D eigenvalue weighted by Crippen LogP contribution is -2.20. The highest BCUT2D eigenvalue weighted by atomic mass is 16.6. The third-order valence-corrected chi connectivity index (χ3v) is 2.57. The molecule has 0 bridgehead atoms. The van der Waals surface area contributed by atoms with Crippen molar-refractivity contribution in [2.24, 2.45) is 0 Å². The minimum atomic E-state index is -0.986. The Kier molecular flexibility index (Phi) is 2.04. The number of cyclic esters (lactones) is 1. The topological polar surface area (TPSA) is 46.5 Å². The predicted molar refractivity (Wildman–Crippen MR) is 50.5 cm³/mol. The van der Waals surface area contributed by atoms with Crippen molar-refractivity contribution in [2.45, 2.75) is 25.0 Å². The Bertz CT molecular complexity index is 347. The van der Waals surface area contributed by atoms with Gasteiger partial charge in [-0.1, -0.05) is 30.3 Å². The Morgan fingerprint density at radius 2 is 2.07 bits per heavy atom. The van der Waals surface area contributed by atoms with Crippen molar-refractivity contribution < 1.29 is 14.6 Å².